The Morgan fingerprint density at radius 2 is 1.35 bits per heavy atom. The summed E-state index contributed by atoms with van der Waals surface area (Å²) in [5.74, 6) is -0.739. The highest BCUT2D eigenvalue weighted by Crippen LogP contribution is 2.75. The molecule has 74 heavy (non-hydrogen) atoms. The maximum absolute atomic E-state index is 15.0. The van der Waals surface area contributed by atoms with Crippen molar-refractivity contribution in [1.29, 1.82) is 0 Å². The maximum atomic E-state index is 15.0. The van der Waals surface area contributed by atoms with E-state index in [0.717, 1.165) is 36.8 Å². The number of aliphatic hydroxyl groups excluding tert-OH is 13. The normalized spacial score (nSPS) is 54.7. The van der Waals surface area contributed by atoms with Gasteiger partial charge in [-0.2, -0.15) is 0 Å². The number of fused-ring (bicyclic) bond motifs is 7. The number of hydrogen-bond acceptors (Lipinski definition) is 22. The Bertz CT molecular complexity index is 2060. The lowest BCUT2D eigenvalue weighted by molar-refractivity contribution is -0.361. The van der Waals surface area contributed by atoms with E-state index in [-0.39, 0.29) is 47.2 Å². The van der Waals surface area contributed by atoms with Gasteiger partial charge in [0.2, 0.25) is 6.29 Å². The summed E-state index contributed by atoms with van der Waals surface area (Å²) in [7, 11) is 0. The van der Waals surface area contributed by atoms with Crippen molar-refractivity contribution < 1.29 is 109 Å². The number of hydrogen-bond donors (Lipinski definition) is 13. The summed E-state index contributed by atoms with van der Waals surface area (Å²) in [4.78, 5) is 15.0. The molecule has 422 valence electrons. The molecule has 0 spiro atoms. The van der Waals surface area contributed by atoms with E-state index in [9.17, 15) is 71.2 Å². The largest absolute Gasteiger partial charge is 0.432 e. The number of carbonyl (C=O) groups is 1. The number of carbonyl (C=O) groups excluding carboxylic acids is 1. The minimum Gasteiger partial charge on any atom is -0.432 e. The number of aliphatic hydroxyl groups is 13. The molecule has 0 aromatic heterocycles. The van der Waals surface area contributed by atoms with Gasteiger partial charge in [0.1, 0.15) is 85.5 Å². The average Bonchev–Trinajstić information content (AvgIpc) is 3.37. The lowest BCUT2D eigenvalue weighted by atomic mass is 9.34. The van der Waals surface area contributed by atoms with Crippen molar-refractivity contribution in [1.82, 2.24) is 0 Å². The Balaban J connectivity index is 0.887. The monoisotopic (exact) mass is 1060 g/mol. The van der Waals surface area contributed by atoms with E-state index >= 15 is 0 Å². The Hall–Kier alpha value is -1.85. The van der Waals surface area contributed by atoms with Gasteiger partial charge in [0.05, 0.1) is 44.1 Å². The van der Waals surface area contributed by atoms with Gasteiger partial charge in [0.25, 0.3) is 0 Å². The van der Waals surface area contributed by atoms with E-state index in [1.165, 1.54) is 6.92 Å². The molecule has 22 nitrogen and oxygen atoms in total. The van der Waals surface area contributed by atoms with Crippen LogP contribution < -0.4 is 0 Å². The van der Waals surface area contributed by atoms with Crippen molar-refractivity contribution in [2.75, 3.05) is 26.4 Å². The molecule has 9 aliphatic rings. The zero-order chi connectivity index (χ0) is 53.8. The van der Waals surface area contributed by atoms with Crippen LogP contribution in [-0.2, 0) is 42.7 Å². The molecule has 0 aromatic carbocycles. The first-order valence-corrected chi connectivity index (χ1v) is 26.6. The molecule has 0 radical (unpaired) electrons. The molecule has 4 saturated heterocycles. The summed E-state index contributed by atoms with van der Waals surface area (Å²) in [6.07, 6.45) is -21.8. The van der Waals surface area contributed by atoms with Crippen molar-refractivity contribution in [3.05, 3.63) is 23.8 Å². The van der Waals surface area contributed by atoms with Crippen LogP contribution in [0.15, 0.2) is 23.8 Å². The second-order valence-corrected chi connectivity index (χ2v) is 24.3. The van der Waals surface area contributed by atoms with E-state index in [0.29, 0.717) is 38.5 Å². The number of ether oxygens (including phenoxy) is 8. The smallest absolute Gasteiger partial charge is 0.315 e. The van der Waals surface area contributed by atoms with Crippen molar-refractivity contribution in [3.8, 4) is 0 Å². The van der Waals surface area contributed by atoms with E-state index in [2.05, 4.69) is 33.4 Å². The van der Waals surface area contributed by atoms with E-state index in [1.54, 1.807) is 0 Å². The minimum absolute atomic E-state index is 0.0234. The van der Waals surface area contributed by atoms with Gasteiger partial charge in [-0.15, -0.1) is 0 Å². The van der Waals surface area contributed by atoms with Crippen molar-refractivity contribution in [2.24, 2.45) is 44.8 Å². The summed E-state index contributed by atoms with van der Waals surface area (Å²) < 4.78 is 46.8. The van der Waals surface area contributed by atoms with Crippen LogP contribution in [0.3, 0.4) is 0 Å². The molecule has 8 fully saturated rings. The molecule has 0 aromatic rings. The number of allylic oxidation sites excluding steroid dienone is 3. The second kappa shape index (κ2) is 21.0. The molecule has 13 N–H and O–H groups in total. The number of esters is 1. The van der Waals surface area contributed by atoms with Crippen LogP contribution in [-0.4, -0.2) is 222 Å². The topological polar surface area (TPSA) is 354 Å². The Labute approximate surface area is 430 Å². The van der Waals surface area contributed by atoms with E-state index in [4.69, 9.17) is 37.9 Å². The van der Waals surface area contributed by atoms with Crippen LogP contribution in [0.5, 0.6) is 0 Å². The highest BCUT2D eigenvalue weighted by atomic mass is 16.8. The molecule has 0 bridgehead atoms. The molecule has 5 aliphatic carbocycles. The molecule has 0 amide bonds. The minimum atomic E-state index is -1.88. The Morgan fingerprint density at radius 3 is 2.05 bits per heavy atom. The average molecular weight is 1060 g/mol. The molecule has 4 heterocycles. The lowest BCUT2D eigenvalue weighted by Crippen LogP contribution is -2.66. The molecule has 0 unspecified atom stereocenters. The zero-order valence-electron chi connectivity index (χ0n) is 43.0. The van der Waals surface area contributed by atoms with E-state index < -0.39 is 153 Å². The van der Waals surface area contributed by atoms with Crippen molar-refractivity contribution in [3.63, 3.8) is 0 Å². The molecule has 4 aliphatic heterocycles. The third-order valence-electron chi connectivity index (χ3n) is 20.5. The van der Waals surface area contributed by atoms with Gasteiger partial charge >= 0.3 is 5.97 Å². The van der Waals surface area contributed by atoms with Crippen LogP contribution >= 0.6 is 0 Å². The van der Waals surface area contributed by atoms with Gasteiger partial charge in [-0.25, -0.2) is 0 Å². The van der Waals surface area contributed by atoms with Gasteiger partial charge in [-0.3, -0.25) is 4.79 Å². The summed E-state index contributed by atoms with van der Waals surface area (Å²) >= 11 is 0. The van der Waals surface area contributed by atoms with Crippen molar-refractivity contribution >= 4 is 5.97 Å². The van der Waals surface area contributed by atoms with Gasteiger partial charge in [0, 0.05) is 11.3 Å². The molecule has 22 heteroatoms. The Morgan fingerprint density at radius 1 is 0.689 bits per heavy atom. The zero-order valence-corrected chi connectivity index (χ0v) is 43.0. The van der Waals surface area contributed by atoms with Gasteiger partial charge in [-0.05, 0) is 99.2 Å². The molecule has 28 atom stereocenters. The summed E-state index contributed by atoms with van der Waals surface area (Å²) in [5.41, 5.74) is -0.475. The maximum Gasteiger partial charge on any atom is 0.315 e. The highest BCUT2D eigenvalue weighted by molar-refractivity contribution is 5.79. The fourth-order valence-electron chi connectivity index (χ4n) is 15.7. The Kier molecular flexibility index (Phi) is 16.1. The third-order valence-corrected chi connectivity index (χ3v) is 20.5. The fraction of sp³-hybridized carbons (Fsp3) is 0.904. The first kappa shape index (κ1) is 56.9. The molecular formula is C52H82O22. The van der Waals surface area contributed by atoms with Gasteiger partial charge in [0.15, 0.2) is 18.9 Å². The quantitative estimate of drug-likeness (QED) is 0.0613. The van der Waals surface area contributed by atoms with Crippen LogP contribution in [0.1, 0.15) is 98.8 Å². The van der Waals surface area contributed by atoms with Crippen LogP contribution in [0, 0.1) is 44.8 Å². The molecule has 4 saturated carbocycles. The van der Waals surface area contributed by atoms with E-state index in [1.807, 2.05) is 6.92 Å². The summed E-state index contributed by atoms with van der Waals surface area (Å²) in [6, 6.07) is 0. The van der Waals surface area contributed by atoms with Crippen LogP contribution in [0.25, 0.3) is 0 Å². The standard InChI is InChI=1S/C52H82O22/c1-22-9-14-52(47(66)74-46-40(64)36(60)34(58)28(71-46)20-68-43-41(65)37(61)42(27(18-53)70-43)73-45-39(63)35(59)32(56)23(2)69-45)16-15-50(5)24(25(52)17-22)7-8-30-48(3)12-11-31(72-44-38(62)33(57)26(55)19-67-44)49(4,21-54)29(48)10-13-51(30,50)6/h7,23,25-46,53-65H,1,8-21H2,2-6H3/t23-,25-,26-,27+,28+,29+,30+,31-,32-,33-,34+,35+,36-,37+,38+,39+,40+,41+,42+,43+,44-,45-,46-,48-,49-,50+,51+,52-/m0/s1. The first-order valence-electron chi connectivity index (χ1n) is 26.6. The van der Waals surface area contributed by atoms with Gasteiger partial charge in [-0.1, -0.05) is 51.5 Å². The van der Waals surface area contributed by atoms with Crippen molar-refractivity contribution in [2.45, 2.75) is 222 Å². The number of rotatable bonds is 11. The van der Waals surface area contributed by atoms with Crippen LogP contribution in [0.4, 0.5) is 0 Å². The summed E-state index contributed by atoms with van der Waals surface area (Å²) in [5, 5.41) is 139. The van der Waals surface area contributed by atoms with Crippen LogP contribution in [0.2, 0.25) is 0 Å². The fourth-order valence-corrected chi connectivity index (χ4v) is 15.7. The highest BCUT2D eigenvalue weighted by Gasteiger charge is 2.70. The summed E-state index contributed by atoms with van der Waals surface area (Å²) in [6.45, 7) is 13.1. The van der Waals surface area contributed by atoms with Gasteiger partial charge < -0.3 is 104 Å². The SMILES string of the molecule is C=C1CC[C@]2(C(=O)O[C@@H]3O[C@H](CO[C@@H]4O[C@H](CO)[C@@H](O[C@@H]5O[C@@H](C)[C@H](O)[C@@H](O)[C@H]5O)[C@H](O)[C@H]4O)[C@@H](O)[C@H](O)[C@H]3O)CC[C@]3(C)C(=CC[C@@H]4[C@@]5(C)CC[C@H](O[C@@H]6OC[C@H](O)[C@H](O)[C@H]6O)[C@@](C)(CO)[C@@H]5CC[C@]43C)[C@@H]2C1. The molecular weight excluding hydrogens is 977 g/mol. The molecule has 9 rings (SSSR count). The first-order chi connectivity index (χ1) is 34.8. The predicted molar refractivity (Wildman–Crippen MR) is 252 cm³/mol. The predicted octanol–water partition coefficient (Wildman–Crippen LogP) is -1.87. The second-order valence-electron chi connectivity index (χ2n) is 24.3. The third kappa shape index (κ3) is 9.09. The lowest BCUT2D eigenvalue weighted by Gasteiger charge is -2.71.